The monoisotopic (exact) mass is 226 g/mol. The number of hydrogen-bond donors (Lipinski definition) is 1. The average Bonchev–Trinajstić information content (AvgIpc) is 2.61. The molecule has 0 spiro atoms. The number of nitrogens with zero attached hydrogens (tertiary/aromatic N) is 1. The van der Waals surface area contributed by atoms with Gasteiger partial charge in [-0.05, 0) is 38.4 Å². The quantitative estimate of drug-likeness (QED) is 0.786. The lowest BCUT2D eigenvalue weighted by Crippen LogP contribution is -2.37. The van der Waals surface area contributed by atoms with Crippen LogP contribution in [0.3, 0.4) is 0 Å². The molecule has 4 heteroatoms. The van der Waals surface area contributed by atoms with Crippen LogP contribution in [0.1, 0.15) is 32.4 Å². The van der Waals surface area contributed by atoms with E-state index in [0.29, 0.717) is 0 Å². The first kappa shape index (κ1) is 10.9. The summed E-state index contributed by atoms with van der Waals surface area (Å²) >= 11 is 5.36. The molecule has 1 saturated heterocycles. The molecular formula is C11H18N2OS. The minimum Gasteiger partial charge on any atom is -0.381 e. The second kappa shape index (κ2) is 4.10. The van der Waals surface area contributed by atoms with Crippen molar-refractivity contribution in [2.24, 2.45) is 0 Å². The zero-order valence-corrected chi connectivity index (χ0v) is 10.2. The highest BCUT2D eigenvalue weighted by molar-refractivity contribution is 7.71. The van der Waals surface area contributed by atoms with E-state index in [1.807, 2.05) is 6.20 Å². The Balaban J connectivity index is 2.42. The second-order valence-corrected chi connectivity index (χ2v) is 4.77. The molecule has 2 heterocycles. The van der Waals surface area contributed by atoms with Crippen molar-refractivity contribution in [2.75, 3.05) is 13.2 Å². The van der Waals surface area contributed by atoms with Crippen LogP contribution in [0.5, 0.6) is 0 Å². The number of aromatic amines is 1. The van der Waals surface area contributed by atoms with Gasteiger partial charge in [-0.25, -0.2) is 0 Å². The van der Waals surface area contributed by atoms with E-state index in [-0.39, 0.29) is 5.54 Å². The zero-order valence-electron chi connectivity index (χ0n) is 9.38. The van der Waals surface area contributed by atoms with Crippen molar-refractivity contribution in [1.29, 1.82) is 0 Å². The fraction of sp³-hybridized carbons (Fsp3) is 0.727. The van der Waals surface area contributed by atoms with E-state index in [1.54, 1.807) is 0 Å². The van der Waals surface area contributed by atoms with Crippen molar-refractivity contribution in [2.45, 2.75) is 38.6 Å². The number of aromatic nitrogens is 2. The molecule has 15 heavy (non-hydrogen) atoms. The third-order valence-electron chi connectivity index (χ3n) is 3.32. The van der Waals surface area contributed by atoms with E-state index in [4.69, 9.17) is 17.0 Å². The van der Waals surface area contributed by atoms with Gasteiger partial charge >= 0.3 is 0 Å². The van der Waals surface area contributed by atoms with Crippen molar-refractivity contribution in [3.05, 3.63) is 16.7 Å². The molecule has 0 aliphatic carbocycles. The number of aryl methyl sites for hydroxylation is 1. The minimum atomic E-state index is 0.140. The number of H-pyrrole nitrogens is 1. The summed E-state index contributed by atoms with van der Waals surface area (Å²) in [5, 5.41) is 0. The van der Waals surface area contributed by atoms with Gasteiger partial charge in [0.25, 0.3) is 0 Å². The normalized spacial score (nSPS) is 20.4. The Morgan fingerprint density at radius 3 is 2.80 bits per heavy atom. The Hall–Kier alpha value is -0.610. The minimum absolute atomic E-state index is 0.140. The lowest BCUT2D eigenvalue weighted by molar-refractivity contribution is 0.0278. The van der Waals surface area contributed by atoms with E-state index in [2.05, 4.69) is 23.4 Å². The maximum absolute atomic E-state index is 5.42. The summed E-state index contributed by atoms with van der Waals surface area (Å²) in [6.07, 6.45) is 5.14. The van der Waals surface area contributed by atoms with Gasteiger partial charge < -0.3 is 14.3 Å². The van der Waals surface area contributed by atoms with Crippen molar-refractivity contribution in [3.8, 4) is 0 Å². The van der Waals surface area contributed by atoms with Crippen LogP contribution in [0, 0.1) is 4.77 Å². The summed E-state index contributed by atoms with van der Waals surface area (Å²) in [5.41, 5.74) is 1.44. The smallest absolute Gasteiger partial charge is 0.177 e. The van der Waals surface area contributed by atoms with Crippen LogP contribution >= 0.6 is 12.2 Å². The molecule has 1 aliphatic heterocycles. The molecule has 84 valence electrons. The van der Waals surface area contributed by atoms with Crippen LogP contribution in [0.15, 0.2) is 6.20 Å². The second-order valence-electron chi connectivity index (χ2n) is 4.38. The molecule has 1 aromatic heterocycles. The molecular weight excluding hydrogens is 208 g/mol. The number of nitrogens with one attached hydrogen (secondary N) is 1. The van der Waals surface area contributed by atoms with Crippen LogP contribution in [0.2, 0.25) is 0 Å². The van der Waals surface area contributed by atoms with E-state index < -0.39 is 0 Å². The molecule has 0 amide bonds. The Morgan fingerprint density at radius 1 is 1.53 bits per heavy atom. The SMILES string of the molecule is CCc1c[nH]c(=S)n1C1(C)CCOCC1. The van der Waals surface area contributed by atoms with E-state index in [9.17, 15) is 0 Å². The summed E-state index contributed by atoms with van der Waals surface area (Å²) < 4.78 is 8.55. The number of hydrogen-bond acceptors (Lipinski definition) is 2. The van der Waals surface area contributed by atoms with Gasteiger partial charge in [-0.2, -0.15) is 0 Å². The van der Waals surface area contributed by atoms with Crippen molar-refractivity contribution in [1.82, 2.24) is 9.55 Å². The van der Waals surface area contributed by atoms with Gasteiger partial charge in [-0.1, -0.05) is 6.92 Å². The van der Waals surface area contributed by atoms with Crippen LogP contribution in [0.4, 0.5) is 0 Å². The van der Waals surface area contributed by atoms with Crippen molar-refractivity contribution in [3.63, 3.8) is 0 Å². The van der Waals surface area contributed by atoms with Gasteiger partial charge in [0.1, 0.15) is 0 Å². The van der Waals surface area contributed by atoms with Gasteiger partial charge in [-0.15, -0.1) is 0 Å². The van der Waals surface area contributed by atoms with Gasteiger partial charge in [-0.3, -0.25) is 0 Å². The summed E-state index contributed by atoms with van der Waals surface area (Å²) in [7, 11) is 0. The van der Waals surface area contributed by atoms with Gasteiger partial charge in [0.2, 0.25) is 0 Å². The molecule has 0 atom stereocenters. The third kappa shape index (κ3) is 1.88. The lowest BCUT2D eigenvalue weighted by atomic mass is 9.92. The molecule has 0 unspecified atom stereocenters. The molecule has 0 radical (unpaired) electrons. The fourth-order valence-corrected chi connectivity index (χ4v) is 2.69. The first-order valence-corrected chi connectivity index (χ1v) is 5.96. The average molecular weight is 226 g/mol. The summed E-state index contributed by atoms with van der Waals surface area (Å²) in [6, 6.07) is 0. The van der Waals surface area contributed by atoms with Crippen LogP contribution in [-0.4, -0.2) is 22.8 Å². The Bertz CT molecular complexity index is 388. The highest BCUT2D eigenvalue weighted by Crippen LogP contribution is 2.30. The fourth-order valence-electron chi connectivity index (χ4n) is 2.29. The molecule has 1 aromatic rings. The van der Waals surface area contributed by atoms with E-state index in [1.165, 1.54) is 5.69 Å². The van der Waals surface area contributed by atoms with Crippen molar-refractivity contribution < 1.29 is 4.74 Å². The first-order valence-electron chi connectivity index (χ1n) is 5.55. The largest absolute Gasteiger partial charge is 0.381 e. The summed E-state index contributed by atoms with van der Waals surface area (Å²) in [6.45, 7) is 6.12. The topological polar surface area (TPSA) is 29.9 Å². The predicted octanol–water partition coefficient (Wildman–Crippen LogP) is 2.63. The van der Waals surface area contributed by atoms with Gasteiger partial charge in [0.15, 0.2) is 4.77 Å². The zero-order chi connectivity index (χ0) is 10.9. The Morgan fingerprint density at radius 2 is 2.20 bits per heavy atom. The van der Waals surface area contributed by atoms with Crippen LogP contribution in [0.25, 0.3) is 0 Å². The van der Waals surface area contributed by atoms with Gasteiger partial charge in [0.05, 0.1) is 0 Å². The number of imidazole rings is 1. The molecule has 1 fully saturated rings. The molecule has 0 saturated carbocycles. The van der Waals surface area contributed by atoms with E-state index in [0.717, 1.165) is 37.2 Å². The molecule has 2 rings (SSSR count). The Kier molecular flexibility index (Phi) is 2.98. The molecule has 0 bridgehead atoms. The van der Waals surface area contributed by atoms with Crippen molar-refractivity contribution >= 4 is 12.2 Å². The molecule has 3 nitrogen and oxygen atoms in total. The Labute approximate surface area is 95.5 Å². The maximum atomic E-state index is 5.42. The van der Waals surface area contributed by atoms with Crippen LogP contribution < -0.4 is 0 Å². The molecule has 1 aliphatic rings. The standard InChI is InChI=1S/C11H18N2OS/c1-3-9-8-12-10(15)13(9)11(2)4-6-14-7-5-11/h8H,3-7H2,1-2H3,(H,12,15). The highest BCUT2D eigenvalue weighted by Gasteiger charge is 2.31. The van der Waals surface area contributed by atoms with Crippen LogP contribution in [-0.2, 0) is 16.7 Å². The lowest BCUT2D eigenvalue weighted by Gasteiger charge is -2.36. The maximum Gasteiger partial charge on any atom is 0.177 e. The van der Waals surface area contributed by atoms with Gasteiger partial charge in [0, 0.05) is 30.6 Å². The number of rotatable bonds is 2. The summed E-state index contributed by atoms with van der Waals surface area (Å²) in [4.78, 5) is 3.15. The highest BCUT2D eigenvalue weighted by atomic mass is 32.1. The molecule has 0 aromatic carbocycles. The first-order chi connectivity index (χ1) is 7.17. The van der Waals surface area contributed by atoms with E-state index >= 15 is 0 Å². The predicted molar refractivity (Wildman–Crippen MR) is 62.7 cm³/mol. The summed E-state index contributed by atoms with van der Waals surface area (Å²) in [5.74, 6) is 0. The third-order valence-corrected chi connectivity index (χ3v) is 3.63. The molecule has 1 N–H and O–H groups in total. The number of ether oxygens (including phenoxy) is 1.